The monoisotopic (exact) mass is 321 g/mol. The molecular formula is C18H15N3OS. The van der Waals surface area contributed by atoms with Crippen LogP contribution in [0.5, 0.6) is 0 Å². The minimum Gasteiger partial charge on any atom is -0.440 e. The van der Waals surface area contributed by atoms with Crippen molar-refractivity contribution in [1.29, 1.82) is 5.26 Å². The highest BCUT2D eigenvalue weighted by atomic mass is 32.2. The van der Waals surface area contributed by atoms with E-state index in [2.05, 4.69) is 16.0 Å². The molecule has 2 heterocycles. The molecular weight excluding hydrogens is 306 g/mol. The van der Waals surface area contributed by atoms with Gasteiger partial charge in [-0.25, -0.2) is 9.97 Å². The summed E-state index contributed by atoms with van der Waals surface area (Å²) in [6, 6.07) is 14.0. The average Bonchev–Trinajstić information content (AvgIpc) is 3.02. The number of aryl methyl sites for hydroxylation is 2. The topological polar surface area (TPSA) is 62.7 Å². The van der Waals surface area contributed by atoms with Gasteiger partial charge < -0.3 is 4.42 Å². The SMILES string of the molecule is Cc1cc(C)c(C#N)c(SCc2ncc(-c3ccccc3)o2)n1. The molecule has 2 aromatic heterocycles. The van der Waals surface area contributed by atoms with Crippen molar-refractivity contribution in [3.8, 4) is 17.4 Å². The number of nitriles is 1. The van der Waals surface area contributed by atoms with Crippen LogP contribution in [-0.4, -0.2) is 9.97 Å². The number of thioether (sulfide) groups is 1. The van der Waals surface area contributed by atoms with Crippen LogP contribution < -0.4 is 0 Å². The summed E-state index contributed by atoms with van der Waals surface area (Å²) >= 11 is 1.47. The molecule has 3 aromatic rings. The van der Waals surface area contributed by atoms with Crippen molar-refractivity contribution in [1.82, 2.24) is 9.97 Å². The maximum absolute atomic E-state index is 9.30. The van der Waals surface area contributed by atoms with Gasteiger partial charge in [0.25, 0.3) is 0 Å². The molecule has 0 N–H and O–H groups in total. The number of aromatic nitrogens is 2. The lowest BCUT2D eigenvalue weighted by atomic mass is 10.1. The number of rotatable bonds is 4. The van der Waals surface area contributed by atoms with Gasteiger partial charge in [0.05, 0.1) is 17.5 Å². The molecule has 0 fully saturated rings. The van der Waals surface area contributed by atoms with E-state index in [4.69, 9.17) is 4.42 Å². The van der Waals surface area contributed by atoms with Crippen molar-refractivity contribution in [2.75, 3.05) is 0 Å². The van der Waals surface area contributed by atoms with Crippen LogP contribution in [0.25, 0.3) is 11.3 Å². The van der Waals surface area contributed by atoms with E-state index < -0.39 is 0 Å². The number of hydrogen-bond donors (Lipinski definition) is 0. The molecule has 0 spiro atoms. The molecule has 3 rings (SSSR count). The summed E-state index contributed by atoms with van der Waals surface area (Å²) in [4.78, 5) is 8.77. The third kappa shape index (κ3) is 3.43. The van der Waals surface area contributed by atoms with E-state index in [0.29, 0.717) is 17.2 Å². The van der Waals surface area contributed by atoms with Crippen LogP contribution in [0.4, 0.5) is 0 Å². The van der Waals surface area contributed by atoms with E-state index in [1.807, 2.05) is 50.2 Å². The van der Waals surface area contributed by atoms with E-state index in [1.165, 1.54) is 11.8 Å². The first kappa shape index (κ1) is 15.3. The van der Waals surface area contributed by atoms with Crippen molar-refractivity contribution < 1.29 is 4.42 Å². The Morgan fingerprint density at radius 3 is 2.74 bits per heavy atom. The van der Waals surface area contributed by atoms with Crippen molar-refractivity contribution in [3.63, 3.8) is 0 Å². The molecule has 0 aliphatic heterocycles. The predicted octanol–water partition coefficient (Wildman–Crippen LogP) is 4.52. The van der Waals surface area contributed by atoms with Gasteiger partial charge in [-0.2, -0.15) is 5.26 Å². The zero-order valence-electron chi connectivity index (χ0n) is 12.9. The Morgan fingerprint density at radius 1 is 1.22 bits per heavy atom. The van der Waals surface area contributed by atoms with Gasteiger partial charge in [0.2, 0.25) is 5.89 Å². The van der Waals surface area contributed by atoms with E-state index in [0.717, 1.165) is 27.6 Å². The van der Waals surface area contributed by atoms with Gasteiger partial charge in [-0.1, -0.05) is 42.1 Å². The van der Waals surface area contributed by atoms with Gasteiger partial charge in [0.1, 0.15) is 11.1 Å². The smallest absolute Gasteiger partial charge is 0.205 e. The highest BCUT2D eigenvalue weighted by Gasteiger charge is 2.12. The number of nitrogens with zero attached hydrogens (tertiary/aromatic N) is 3. The predicted molar refractivity (Wildman–Crippen MR) is 89.9 cm³/mol. The minimum absolute atomic E-state index is 0.539. The maximum atomic E-state index is 9.30. The van der Waals surface area contributed by atoms with E-state index >= 15 is 0 Å². The largest absolute Gasteiger partial charge is 0.440 e. The molecule has 114 valence electrons. The van der Waals surface area contributed by atoms with Crippen LogP contribution >= 0.6 is 11.8 Å². The van der Waals surface area contributed by atoms with Crippen molar-refractivity contribution in [2.24, 2.45) is 0 Å². The fourth-order valence-electron chi connectivity index (χ4n) is 2.29. The average molecular weight is 321 g/mol. The second-order valence-corrected chi connectivity index (χ2v) is 6.11. The second kappa shape index (κ2) is 6.67. The molecule has 0 unspecified atom stereocenters. The van der Waals surface area contributed by atoms with Crippen LogP contribution in [0.1, 0.15) is 22.7 Å². The standard InChI is InChI=1S/C18H15N3OS/c1-12-8-13(2)21-18(15(12)9-19)23-11-17-20-10-16(22-17)14-6-4-3-5-7-14/h3-8,10H,11H2,1-2H3. The maximum Gasteiger partial charge on any atom is 0.205 e. The Balaban J connectivity index is 1.78. The molecule has 5 heteroatoms. The van der Waals surface area contributed by atoms with Gasteiger partial charge in [-0.05, 0) is 25.5 Å². The number of oxazole rings is 1. The number of pyridine rings is 1. The molecule has 4 nitrogen and oxygen atoms in total. The van der Waals surface area contributed by atoms with Gasteiger partial charge >= 0.3 is 0 Å². The molecule has 0 saturated heterocycles. The van der Waals surface area contributed by atoms with Gasteiger partial charge in [0, 0.05) is 11.3 Å². The Kier molecular flexibility index (Phi) is 4.45. The molecule has 0 radical (unpaired) electrons. The lowest BCUT2D eigenvalue weighted by Crippen LogP contribution is -1.94. The molecule has 0 aliphatic rings. The minimum atomic E-state index is 0.539. The summed E-state index contributed by atoms with van der Waals surface area (Å²) in [6.45, 7) is 3.85. The molecule has 0 bridgehead atoms. The first-order valence-corrected chi connectivity index (χ1v) is 8.17. The Morgan fingerprint density at radius 2 is 2.00 bits per heavy atom. The lowest BCUT2D eigenvalue weighted by Gasteiger charge is -2.06. The van der Waals surface area contributed by atoms with Crippen molar-refractivity contribution in [3.05, 3.63) is 65.3 Å². The molecule has 0 atom stereocenters. The summed E-state index contributed by atoms with van der Waals surface area (Å²) < 4.78 is 5.78. The van der Waals surface area contributed by atoms with E-state index in [1.54, 1.807) is 6.20 Å². The zero-order chi connectivity index (χ0) is 16.2. The normalized spacial score (nSPS) is 10.5. The fourth-order valence-corrected chi connectivity index (χ4v) is 3.24. The van der Waals surface area contributed by atoms with Gasteiger partial charge in [0.15, 0.2) is 5.76 Å². The quantitative estimate of drug-likeness (QED) is 0.661. The summed E-state index contributed by atoms with van der Waals surface area (Å²) in [7, 11) is 0. The Bertz CT molecular complexity index is 866. The first-order valence-electron chi connectivity index (χ1n) is 7.18. The number of hydrogen-bond acceptors (Lipinski definition) is 5. The third-order valence-electron chi connectivity index (χ3n) is 3.37. The summed E-state index contributed by atoms with van der Waals surface area (Å²) in [6.07, 6.45) is 1.73. The van der Waals surface area contributed by atoms with Crippen molar-refractivity contribution in [2.45, 2.75) is 24.6 Å². The molecule has 23 heavy (non-hydrogen) atoms. The fraction of sp³-hybridized carbons (Fsp3) is 0.167. The van der Waals surface area contributed by atoms with Gasteiger partial charge in [-0.15, -0.1) is 0 Å². The number of benzene rings is 1. The summed E-state index contributed by atoms with van der Waals surface area (Å²) in [5.41, 5.74) is 3.47. The third-order valence-corrected chi connectivity index (χ3v) is 4.33. The lowest BCUT2D eigenvalue weighted by molar-refractivity contribution is 0.530. The Hall–Kier alpha value is -2.58. The Labute approximate surface area is 139 Å². The van der Waals surface area contributed by atoms with Crippen LogP contribution in [0.15, 0.2) is 52.0 Å². The van der Waals surface area contributed by atoms with Crippen LogP contribution in [-0.2, 0) is 5.75 Å². The zero-order valence-corrected chi connectivity index (χ0v) is 13.7. The highest BCUT2D eigenvalue weighted by Crippen LogP contribution is 2.28. The molecule has 0 amide bonds. The summed E-state index contributed by atoms with van der Waals surface area (Å²) in [5.74, 6) is 1.91. The van der Waals surface area contributed by atoms with Crippen LogP contribution in [0.2, 0.25) is 0 Å². The van der Waals surface area contributed by atoms with E-state index in [-0.39, 0.29) is 0 Å². The second-order valence-electron chi connectivity index (χ2n) is 5.15. The molecule has 1 aromatic carbocycles. The van der Waals surface area contributed by atoms with Crippen molar-refractivity contribution >= 4 is 11.8 Å². The highest BCUT2D eigenvalue weighted by molar-refractivity contribution is 7.98. The first-order chi connectivity index (χ1) is 11.2. The van der Waals surface area contributed by atoms with Gasteiger partial charge in [-0.3, -0.25) is 0 Å². The van der Waals surface area contributed by atoms with Crippen LogP contribution in [0, 0.1) is 25.2 Å². The van der Waals surface area contributed by atoms with E-state index in [9.17, 15) is 5.26 Å². The molecule has 0 saturated carbocycles. The molecule has 0 aliphatic carbocycles. The summed E-state index contributed by atoms with van der Waals surface area (Å²) in [5, 5.41) is 10.0. The van der Waals surface area contributed by atoms with Crippen LogP contribution in [0.3, 0.4) is 0 Å².